The van der Waals surface area contributed by atoms with E-state index in [0.29, 0.717) is 47.2 Å². The number of ether oxygens (including phenoxy) is 1. The van der Waals surface area contributed by atoms with Gasteiger partial charge in [-0.3, -0.25) is 10.1 Å². The van der Waals surface area contributed by atoms with Crippen molar-refractivity contribution in [3.05, 3.63) is 70.2 Å². The summed E-state index contributed by atoms with van der Waals surface area (Å²) in [5, 5.41) is 11.5. The van der Waals surface area contributed by atoms with Gasteiger partial charge in [0.05, 0.1) is 18.4 Å². The van der Waals surface area contributed by atoms with Crippen LogP contribution >= 0.6 is 11.3 Å². The van der Waals surface area contributed by atoms with Gasteiger partial charge in [-0.1, -0.05) is 23.8 Å². The van der Waals surface area contributed by atoms with E-state index < -0.39 is 6.03 Å². The van der Waals surface area contributed by atoms with Crippen LogP contribution in [-0.4, -0.2) is 68.6 Å². The summed E-state index contributed by atoms with van der Waals surface area (Å²) in [5.41, 5.74) is 2.02. The van der Waals surface area contributed by atoms with E-state index in [4.69, 9.17) is 4.74 Å². The molecule has 3 aromatic rings. The molecule has 4 N–H and O–H groups in total. The predicted octanol–water partition coefficient (Wildman–Crippen LogP) is 3.74. The number of hydrogen-bond acceptors (Lipinski definition) is 7. The Labute approximate surface area is 220 Å². The fourth-order valence-electron chi connectivity index (χ4n) is 3.42. The van der Waals surface area contributed by atoms with Crippen molar-refractivity contribution in [3.63, 3.8) is 0 Å². The molecule has 0 atom stereocenters. The summed E-state index contributed by atoms with van der Waals surface area (Å²) >= 11 is 1.32. The van der Waals surface area contributed by atoms with Gasteiger partial charge >= 0.3 is 12.1 Å². The van der Waals surface area contributed by atoms with Crippen LogP contribution in [0.1, 0.15) is 26.4 Å². The molecule has 0 bridgehead atoms. The number of aryl methyl sites for hydroxylation is 1. The molecule has 0 saturated heterocycles. The molecule has 0 saturated carbocycles. The first-order valence-electron chi connectivity index (χ1n) is 11.7. The topological polar surface area (TPSA) is 125 Å². The number of hydrogen-bond donors (Lipinski definition) is 4. The van der Waals surface area contributed by atoms with Gasteiger partial charge in [0.25, 0.3) is 0 Å². The Morgan fingerprint density at radius 2 is 1.73 bits per heavy atom. The summed E-state index contributed by atoms with van der Waals surface area (Å²) in [6.07, 6.45) is 2.24. The molecule has 196 valence electrons. The summed E-state index contributed by atoms with van der Waals surface area (Å²) in [7, 11) is 5.39. The molecule has 0 aliphatic carbocycles. The third kappa shape index (κ3) is 8.29. The molecule has 1 heterocycles. The van der Waals surface area contributed by atoms with Crippen molar-refractivity contribution in [3.8, 4) is 5.75 Å². The molecule has 1 aromatic heterocycles. The summed E-state index contributed by atoms with van der Waals surface area (Å²) in [5.74, 6) is 0.200. The number of nitrogens with zero attached hydrogens (tertiary/aromatic N) is 2. The Bertz CT molecular complexity index is 1240. The summed E-state index contributed by atoms with van der Waals surface area (Å²) in [4.78, 5) is 44.9. The molecule has 4 amide bonds. The van der Waals surface area contributed by atoms with E-state index in [-0.39, 0.29) is 11.8 Å². The average molecular weight is 525 g/mol. The van der Waals surface area contributed by atoms with Gasteiger partial charge in [0.1, 0.15) is 5.75 Å². The lowest BCUT2D eigenvalue weighted by Gasteiger charge is -2.13. The number of urea groups is 2. The van der Waals surface area contributed by atoms with E-state index in [9.17, 15) is 14.4 Å². The SMILES string of the molecule is COc1ccccc1C(=O)c1cc(C)ccc1NC(=O)Nc1ncc(CCNC(=O)NCCN(C)C)s1. The van der Waals surface area contributed by atoms with E-state index in [1.54, 1.807) is 42.6 Å². The van der Waals surface area contributed by atoms with Gasteiger partial charge in [0.2, 0.25) is 0 Å². The number of amides is 4. The van der Waals surface area contributed by atoms with Crippen LogP contribution in [0.3, 0.4) is 0 Å². The second-order valence-corrected chi connectivity index (χ2v) is 9.64. The maximum atomic E-state index is 13.3. The van der Waals surface area contributed by atoms with Gasteiger partial charge in [0, 0.05) is 42.7 Å². The first-order chi connectivity index (χ1) is 17.8. The highest BCUT2D eigenvalue weighted by atomic mass is 32.1. The van der Waals surface area contributed by atoms with Crippen LogP contribution in [0.15, 0.2) is 48.7 Å². The fraction of sp³-hybridized carbons (Fsp3) is 0.308. The number of nitrogens with one attached hydrogen (secondary N) is 4. The van der Waals surface area contributed by atoms with E-state index >= 15 is 0 Å². The predicted molar refractivity (Wildman–Crippen MR) is 146 cm³/mol. The molecule has 0 unspecified atom stereocenters. The molecule has 0 aliphatic heterocycles. The van der Waals surface area contributed by atoms with Gasteiger partial charge in [-0.25, -0.2) is 14.6 Å². The fourth-order valence-corrected chi connectivity index (χ4v) is 4.23. The number of carbonyl (C=O) groups is 3. The van der Waals surface area contributed by atoms with Crippen LogP contribution < -0.4 is 26.0 Å². The van der Waals surface area contributed by atoms with Crippen molar-refractivity contribution >= 4 is 40.0 Å². The van der Waals surface area contributed by atoms with Crippen LogP contribution in [0.4, 0.5) is 20.4 Å². The number of carbonyl (C=O) groups excluding carboxylic acids is 3. The minimum atomic E-state index is -0.516. The quantitative estimate of drug-likeness (QED) is 0.283. The minimum Gasteiger partial charge on any atom is -0.496 e. The number of rotatable bonds is 11. The Morgan fingerprint density at radius 3 is 2.49 bits per heavy atom. The van der Waals surface area contributed by atoms with Crippen LogP contribution in [0.5, 0.6) is 5.75 Å². The number of para-hydroxylation sites is 1. The van der Waals surface area contributed by atoms with Crippen molar-refractivity contribution in [2.75, 3.05) is 51.5 Å². The zero-order valence-electron chi connectivity index (χ0n) is 21.4. The Morgan fingerprint density at radius 1 is 0.973 bits per heavy atom. The number of ketones is 1. The van der Waals surface area contributed by atoms with Crippen LogP contribution in [-0.2, 0) is 6.42 Å². The molecule has 3 rings (SSSR count). The summed E-state index contributed by atoms with van der Waals surface area (Å²) in [6.45, 7) is 3.65. The lowest BCUT2D eigenvalue weighted by atomic mass is 9.99. The third-order valence-electron chi connectivity index (χ3n) is 5.30. The number of methoxy groups -OCH3 is 1. The lowest BCUT2D eigenvalue weighted by Crippen LogP contribution is -2.39. The van der Waals surface area contributed by atoms with Gasteiger partial charge in [-0.05, 0) is 45.3 Å². The lowest BCUT2D eigenvalue weighted by molar-refractivity contribution is 0.103. The number of thiazole rings is 1. The van der Waals surface area contributed by atoms with Crippen LogP contribution in [0.2, 0.25) is 0 Å². The molecule has 11 heteroatoms. The highest BCUT2D eigenvalue weighted by Crippen LogP contribution is 2.26. The first kappa shape index (κ1) is 27.6. The van der Waals surface area contributed by atoms with Gasteiger partial charge in [-0.15, -0.1) is 11.3 Å². The van der Waals surface area contributed by atoms with E-state index in [2.05, 4.69) is 26.3 Å². The Hall–Kier alpha value is -3.96. The second-order valence-electron chi connectivity index (χ2n) is 8.53. The molecule has 0 aliphatic rings. The molecule has 37 heavy (non-hydrogen) atoms. The van der Waals surface area contributed by atoms with E-state index in [1.165, 1.54) is 18.4 Å². The normalized spacial score (nSPS) is 10.6. The smallest absolute Gasteiger partial charge is 0.325 e. The number of benzene rings is 2. The van der Waals surface area contributed by atoms with Crippen molar-refractivity contribution in [2.24, 2.45) is 0 Å². The second kappa shape index (κ2) is 13.4. The van der Waals surface area contributed by atoms with Crippen molar-refractivity contribution in [2.45, 2.75) is 13.3 Å². The monoisotopic (exact) mass is 524 g/mol. The van der Waals surface area contributed by atoms with Gasteiger partial charge in [0.15, 0.2) is 10.9 Å². The highest BCUT2D eigenvalue weighted by molar-refractivity contribution is 7.15. The number of likely N-dealkylation sites (N-methyl/N-ethyl adjacent to an activating group) is 1. The maximum Gasteiger partial charge on any atom is 0.325 e. The van der Waals surface area contributed by atoms with E-state index in [0.717, 1.165) is 17.0 Å². The third-order valence-corrected chi connectivity index (χ3v) is 6.27. The Kier molecular flexibility index (Phi) is 9.99. The average Bonchev–Trinajstić information content (AvgIpc) is 3.31. The number of anilines is 2. The summed E-state index contributed by atoms with van der Waals surface area (Å²) in [6, 6.07) is 11.5. The maximum absolute atomic E-state index is 13.3. The first-order valence-corrected chi connectivity index (χ1v) is 12.6. The van der Waals surface area contributed by atoms with Gasteiger partial charge in [-0.2, -0.15) is 0 Å². The van der Waals surface area contributed by atoms with Crippen LogP contribution in [0.25, 0.3) is 0 Å². The van der Waals surface area contributed by atoms with Crippen molar-refractivity contribution < 1.29 is 19.1 Å². The summed E-state index contributed by atoms with van der Waals surface area (Å²) < 4.78 is 5.33. The standard InChI is InChI=1S/C26H32N6O4S/c1-17-9-10-21(20(15-17)23(33)19-7-5-6-8-22(19)36-4)30-25(35)31-26-29-16-18(37-26)11-12-27-24(34)28-13-14-32(2)3/h5-10,15-16H,11-14H2,1-4H3,(H2,27,28,34)(H2,29,30,31,35). The van der Waals surface area contributed by atoms with Gasteiger partial charge < -0.3 is 25.6 Å². The number of aromatic nitrogens is 1. The zero-order chi connectivity index (χ0) is 26.8. The van der Waals surface area contributed by atoms with E-state index in [1.807, 2.05) is 32.0 Å². The molecule has 0 spiro atoms. The molecule has 10 nitrogen and oxygen atoms in total. The molecule has 0 radical (unpaired) electrons. The minimum absolute atomic E-state index is 0.222. The zero-order valence-corrected chi connectivity index (χ0v) is 22.2. The van der Waals surface area contributed by atoms with Crippen molar-refractivity contribution in [1.82, 2.24) is 20.5 Å². The molecular weight excluding hydrogens is 492 g/mol. The largest absolute Gasteiger partial charge is 0.496 e. The molecular formula is C26H32N6O4S. The van der Waals surface area contributed by atoms with Crippen LogP contribution in [0, 0.1) is 6.92 Å². The van der Waals surface area contributed by atoms with Crippen molar-refractivity contribution in [1.29, 1.82) is 0 Å². The Balaban J connectivity index is 1.57. The highest BCUT2D eigenvalue weighted by Gasteiger charge is 2.19. The molecule has 2 aromatic carbocycles. The molecule has 0 fully saturated rings.